The summed E-state index contributed by atoms with van der Waals surface area (Å²) in [6, 6.07) is 0. The molecule has 0 aromatic heterocycles. The van der Waals surface area contributed by atoms with E-state index in [4.69, 9.17) is 5.84 Å². The van der Waals surface area contributed by atoms with Crippen molar-refractivity contribution in [2.24, 2.45) is 17.7 Å². The second-order valence-corrected chi connectivity index (χ2v) is 5.46. The molecule has 0 bridgehead atoms. The molecule has 0 aliphatic carbocycles. The van der Waals surface area contributed by atoms with E-state index in [0.717, 1.165) is 0 Å². The molecule has 0 spiro atoms. The molecule has 6 heteroatoms. The molecule has 6 nitrogen and oxygen atoms in total. The predicted molar refractivity (Wildman–Crippen MR) is 67.2 cm³/mol. The molecule has 2 amide bonds. The summed E-state index contributed by atoms with van der Waals surface area (Å²) in [5, 5.41) is 1.65. The highest BCUT2D eigenvalue weighted by atomic mass is 16.2. The average Bonchev–Trinajstić information content (AvgIpc) is 2.33. The standard InChI is InChI=1S/C12H22N4O2/c1-9(2)11(17)14-3-5-15(6-4-14)12(18)10-7-16(13)8-10/h9-10H,3-8,13H2,1-2H3. The summed E-state index contributed by atoms with van der Waals surface area (Å²) in [6.07, 6.45) is 0. The third-order valence-electron chi connectivity index (χ3n) is 3.66. The summed E-state index contributed by atoms with van der Waals surface area (Å²) in [6.45, 7) is 7.74. The van der Waals surface area contributed by atoms with Crippen LogP contribution in [0.3, 0.4) is 0 Å². The van der Waals surface area contributed by atoms with Crippen LogP contribution in [0, 0.1) is 11.8 Å². The van der Waals surface area contributed by atoms with Crippen molar-refractivity contribution in [3.8, 4) is 0 Å². The first kappa shape index (κ1) is 13.3. The van der Waals surface area contributed by atoms with Crippen LogP contribution in [-0.2, 0) is 9.59 Å². The van der Waals surface area contributed by atoms with Crippen LogP contribution in [0.15, 0.2) is 0 Å². The predicted octanol–water partition coefficient (Wildman–Crippen LogP) is -0.881. The molecule has 18 heavy (non-hydrogen) atoms. The van der Waals surface area contributed by atoms with E-state index in [1.165, 1.54) is 0 Å². The Morgan fingerprint density at radius 2 is 1.56 bits per heavy atom. The van der Waals surface area contributed by atoms with Gasteiger partial charge in [0.25, 0.3) is 0 Å². The molecule has 2 fully saturated rings. The topological polar surface area (TPSA) is 69.9 Å². The van der Waals surface area contributed by atoms with Gasteiger partial charge in [0, 0.05) is 45.2 Å². The Morgan fingerprint density at radius 3 is 2.00 bits per heavy atom. The number of piperazine rings is 1. The van der Waals surface area contributed by atoms with Crippen LogP contribution in [0.4, 0.5) is 0 Å². The second-order valence-electron chi connectivity index (χ2n) is 5.46. The first-order valence-corrected chi connectivity index (χ1v) is 6.56. The number of hydrogen-bond donors (Lipinski definition) is 1. The van der Waals surface area contributed by atoms with E-state index in [2.05, 4.69) is 0 Å². The number of nitrogens with zero attached hydrogens (tertiary/aromatic N) is 3. The fourth-order valence-electron chi connectivity index (χ4n) is 2.44. The summed E-state index contributed by atoms with van der Waals surface area (Å²) in [5.41, 5.74) is 0. The molecule has 2 rings (SSSR count). The van der Waals surface area contributed by atoms with E-state index in [0.29, 0.717) is 39.3 Å². The highest BCUT2D eigenvalue weighted by Crippen LogP contribution is 2.16. The molecule has 2 aliphatic rings. The Labute approximate surface area is 108 Å². The molecule has 0 unspecified atom stereocenters. The van der Waals surface area contributed by atoms with E-state index in [9.17, 15) is 9.59 Å². The molecule has 2 heterocycles. The van der Waals surface area contributed by atoms with Crippen LogP contribution in [0.2, 0.25) is 0 Å². The maximum absolute atomic E-state index is 12.1. The monoisotopic (exact) mass is 254 g/mol. The van der Waals surface area contributed by atoms with Gasteiger partial charge in [-0.05, 0) is 0 Å². The van der Waals surface area contributed by atoms with Gasteiger partial charge in [-0.1, -0.05) is 13.8 Å². The Morgan fingerprint density at radius 1 is 1.06 bits per heavy atom. The number of carbonyl (C=O) groups is 2. The zero-order valence-electron chi connectivity index (χ0n) is 11.1. The lowest BCUT2D eigenvalue weighted by Crippen LogP contribution is -2.60. The van der Waals surface area contributed by atoms with Gasteiger partial charge in [0.1, 0.15) is 0 Å². The van der Waals surface area contributed by atoms with Gasteiger partial charge in [0.05, 0.1) is 5.92 Å². The smallest absolute Gasteiger partial charge is 0.228 e. The highest BCUT2D eigenvalue weighted by Gasteiger charge is 2.35. The second kappa shape index (κ2) is 5.24. The number of hydrazine groups is 1. The Bertz CT molecular complexity index is 331. The first-order valence-electron chi connectivity index (χ1n) is 6.56. The van der Waals surface area contributed by atoms with Gasteiger partial charge in [-0.2, -0.15) is 0 Å². The van der Waals surface area contributed by atoms with Crippen molar-refractivity contribution in [2.45, 2.75) is 13.8 Å². The lowest BCUT2D eigenvalue weighted by Gasteiger charge is -2.41. The minimum atomic E-state index is 0.0321. The van der Waals surface area contributed by atoms with Gasteiger partial charge in [-0.3, -0.25) is 15.4 Å². The third-order valence-corrected chi connectivity index (χ3v) is 3.66. The average molecular weight is 254 g/mol. The van der Waals surface area contributed by atoms with Crippen LogP contribution >= 0.6 is 0 Å². The van der Waals surface area contributed by atoms with Gasteiger partial charge in [-0.15, -0.1) is 0 Å². The van der Waals surface area contributed by atoms with E-state index < -0.39 is 0 Å². The van der Waals surface area contributed by atoms with E-state index >= 15 is 0 Å². The fraction of sp³-hybridized carbons (Fsp3) is 0.833. The summed E-state index contributed by atoms with van der Waals surface area (Å²) in [5.74, 6) is 6.00. The molecule has 0 aromatic rings. The summed E-state index contributed by atoms with van der Waals surface area (Å²) in [7, 11) is 0. The van der Waals surface area contributed by atoms with Crippen molar-refractivity contribution in [3.63, 3.8) is 0 Å². The Hall–Kier alpha value is -1.14. The largest absolute Gasteiger partial charge is 0.339 e. The zero-order valence-corrected chi connectivity index (χ0v) is 11.1. The van der Waals surface area contributed by atoms with Gasteiger partial charge in [-0.25, -0.2) is 5.01 Å². The minimum Gasteiger partial charge on any atom is -0.339 e. The molecule has 0 saturated carbocycles. The van der Waals surface area contributed by atoms with Crippen molar-refractivity contribution in [3.05, 3.63) is 0 Å². The zero-order chi connectivity index (χ0) is 13.3. The molecular weight excluding hydrogens is 232 g/mol. The van der Waals surface area contributed by atoms with Gasteiger partial charge < -0.3 is 9.80 Å². The molecule has 2 N–H and O–H groups in total. The SMILES string of the molecule is CC(C)C(=O)N1CCN(C(=O)C2CN(N)C2)CC1. The van der Waals surface area contributed by atoms with Crippen molar-refractivity contribution in [1.82, 2.24) is 14.8 Å². The Kier molecular flexibility index (Phi) is 3.87. The molecule has 2 saturated heterocycles. The maximum atomic E-state index is 12.1. The molecule has 2 aliphatic heterocycles. The Balaban J connectivity index is 1.80. The molecule has 0 aromatic carbocycles. The van der Waals surface area contributed by atoms with Crippen LogP contribution in [-0.4, -0.2) is 65.9 Å². The van der Waals surface area contributed by atoms with Crippen LogP contribution in [0.5, 0.6) is 0 Å². The lowest BCUT2D eigenvalue weighted by molar-refractivity contribution is -0.147. The van der Waals surface area contributed by atoms with Crippen LogP contribution < -0.4 is 5.84 Å². The molecule has 0 radical (unpaired) electrons. The number of hydrogen-bond acceptors (Lipinski definition) is 4. The number of carbonyl (C=O) groups excluding carboxylic acids is 2. The minimum absolute atomic E-state index is 0.0321. The fourth-order valence-corrected chi connectivity index (χ4v) is 2.44. The first-order chi connectivity index (χ1) is 8.49. The number of nitrogens with two attached hydrogens (primary N) is 1. The molecular formula is C12H22N4O2. The maximum Gasteiger partial charge on any atom is 0.228 e. The van der Waals surface area contributed by atoms with Gasteiger partial charge in [0.15, 0.2) is 0 Å². The van der Waals surface area contributed by atoms with E-state index in [1.807, 2.05) is 23.6 Å². The quantitative estimate of drug-likeness (QED) is 0.650. The van der Waals surface area contributed by atoms with Gasteiger partial charge >= 0.3 is 0 Å². The third kappa shape index (κ3) is 2.64. The van der Waals surface area contributed by atoms with Crippen molar-refractivity contribution in [1.29, 1.82) is 0 Å². The van der Waals surface area contributed by atoms with Crippen LogP contribution in [0.1, 0.15) is 13.8 Å². The van der Waals surface area contributed by atoms with E-state index in [1.54, 1.807) is 5.01 Å². The molecule has 102 valence electrons. The lowest BCUT2D eigenvalue weighted by atomic mass is 10.0. The van der Waals surface area contributed by atoms with Gasteiger partial charge in [0.2, 0.25) is 11.8 Å². The van der Waals surface area contributed by atoms with Crippen LogP contribution in [0.25, 0.3) is 0 Å². The summed E-state index contributed by atoms with van der Waals surface area (Å²) >= 11 is 0. The van der Waals surface area contributed by atoms with Crippen molar-refractivity contribution in [2.75, 3.05) is 39.3 Å². The molecule has 0 atom stereocenters. The van der Waals surface area contributed by atoms with Crippen molar-refractivity contribution < 1.29 is 9.59 Å². The normalized spacial score (nSPS) is 22.2. The van der Waals surface area contributed by atoms with Crippen molar-refractivity contribution >= 4 is 11.8 Å². The van der Waals surface area contributed by atoms with E-state index in [-0.39, 0.29) is 23.7 Å². The summed E-state index contributed by atoms with van der Waals surface area (Å²) in [4.78, 5) is 27.6. The summed E-state index contributed by atoms with van der Waals surface area (Å²) < 4.78 is 0. The number of rotatable bonds is 2. The number of amides is 2. The highest BCUT2D eigenvalue weighted by molar-refractivity contribution is 5.81.